The Morgan fingerprint density at radius 1 is 1.03 bits per heavy atom. The zero-order valence-corrected chi connectivity index (χ0v) is 24.4. The number of likely N-dealkylation sites (tertiary alicyclic amines) is 2. The van der Waals surface area contributed by atoms with E-state index in [1.54, 1.807) is 18.0 Å². The second-order valence-electron chi connectivity index (χ2n) is 12.0. The molecule has 0 spiro atoms. The van der Waals surface area contributed by atoms with Crippen LogP contribution in [0.1, 0.15) is 56.9 Å². The van der Waals surface area contributed by atoms with Gasteiger partial charge in [-0.15, -0.1) is 0 Å². The Morgan fingerprint density at radius 2 is 1.72 bits per heavy atom. The number of carbonyl (C=O) groups excluding carboxylic acids is 3. The third-order valence-corrected chi connectivity index (χ3v) is 9.93. The third-order valence-electron chi connectivity index (χ3n) is 9.19. The molecule has 1 aromatic carbocycles. The molecule has 214 valence electrons. The Hall–Kier alpha value is -2.03. The zero-order chi connectivity index (χ0) is 27.7. The van der Waals surface area contributed by atoms with Gasteiger partial charge in [-0.05, 0) is 62.1 Å². The monoisotopic (exact) mass is 579 g/mol. The first-order chi connectivity index (χ1) is 18.7. The van der Waals surface area contributed by atoms with Crippen LogP contribution in [0.2, 0.25) is 10.0 Å². The molecule has 3 saturated heterocycles. The summed E-state index contributed by atoms with van der Waals surface area (Å²) in [6, 6.07) is 5.25. The number of likely N-dealkylation sites (N-methyl/N-ethyl adjacent to an activating group) is 1. The number of carbonyl (C=O) groups is 3. The molecule has 3 aliphatic heterocycles. The summed E-state index contributed by atoms with van der Waals surface area (Å²) in [5.41, 5.74) is 0.752. The standard InChI is InChI=1S/C29H39Cl2N3O5/c1-29(9-10-29)27(36)33-11-5-20(6-12-33)26(35)34-16-22(21-3-4-23(30)24(31)15-21)25(17-34)32(2)28(37)39-18-19-7-13-38-14-8-19/h3-4,15,19-20,22,25H,5-14,16-18H2,1-2H3. The number of nitrogens with zero attached hydrogens (tertiary/aromatic N) is 3. The zero-order valence-electron chi connectivity index (χ0n) is 22.9. The molecule has 0 aromatic heterocycles. The molecular formula is C29H39Cl2N3O5. The predicted molar refractivity (Wildman–Crippen MR) is 149 cm³/mol. The van der Waals surface area contributed by atoms with Crippen molar-refractivity contribution in [2.24, 2.45) is 17.3 Å². The Balaban J connectivity index is 1.25. The van der Waals surface area contributed by atoms with Crippen molar-refractivity contribution in [2.45, 2.75) is 57.4 Å². The molecule has 0 N–H and O–H groups in total. The van der Waals surface area contributed by atoms with E-state index in [4.69, 9.17) is 32.7 Å². The fraction of sp³-hybridized carbons (Fsp3) is 0.690. The van der Waals surface area contributed by atoms with Crippen molar-refractivity contribution in [1.29, 1.82) is 0 Å². The number of hydrogen-bond donors (Lipinski definition) is 0. The lowest BCUT2D eigenvalue weighted by Crippen LogP contribution is -2.46. The smallest absolute Gasteiger partial charge is 0.409 e. The number of amides is 3. The Kier molecular flexibility index (Phi) is 8.65. The summed E-state index contributed by atoms with van der Waals surface area (Å²) in [5.74, 6) is 0.385. The largest absolute Gasteiger partial charge is 0.449 e. The van der Waals surface area contributed by atoms with Crippen LogP contribution in [0.3, 0.4) is 0 Å². The summed E-state index contributed by atoms with van der Waals surface area (Å²) < 4.78 is 11.1. The highest BCUT2D eigenvalue weighted by atomic mass is 35.5. The SMILES string of the molecule is CN(C(=O)OCC1CCOCC1)C1CN(C(=O)C2CCN(C(=O)C3(C)CC3)CC2)CC1c1ccc(Cl)c(Cl)c1. The van der Waals surface area contributed by atoms with Crippen LogP contribution in [0.5, 0.6) is 0 Å². The van der Waals surface area contributed by atoms with Crippen LogP contribution >= 0.6 is 23.2 Å². The van der Waals surface area contributed by atoms with E-state index < -0.39 is 0 Å². The fourth-order valence-electron chi connectivity index (χ4n) is 6.14. The van der Waals surface area contributed by atoms with Crippen molar-refractivity contribution in [1.82, 2.24) is 14.7 Å². The molecule has 1 aliphatic carbocycles. The lowest BCUT2D eigenvalue weighted by molar-refractivity contribution is -0.142. The molecule has 5 rings (SSSR count). The lowest BCUT2D eigenvalue weighted by Gasteiger charge is -2.34. The first kappa shape index (κ1) is 28.5. The molecular weight excluding hydrogens is 541 g/mol. The fourth-order valence-corrected chi connectivity index (χ4v) is 6.45. The minimum atomic E-state index is -0.383. The van der Waals surface area contributed by atoms with Crippen molar-refractivity contribution in [3.8, 4) is 0 Å². The van der Waals surface area contributed by atoms with Gasteiger partial charge in [-0.2, -0.15) is 0 Å². The normalized spacial score (nSPS) is 25.4. The molecule has 4 fully saturated rings. The molecule has 0 radical (unpaired) electrons. The molecule has 2 unspecified atom stereocenters. The molecule has 8 nitrogen and oxygen atoms in total. The van der Waals surface area contributed by atoms with E-state index in [9.17, 15) is 14.4 Å². The second kappa shape index (κ2) is 11.8. The van der Waals surface area contributed by atoms with Crippen molar-refractivity contribution in [3.05, 3.63) is 33.8 Å². The van der Waals surface area contributed by atoms with Gasteiger partial charge < -0.3 is 24.2 Å². The van der Waals surface area contributed by atoms with Crippen LogP contribution < -0.4 is 0 Å². The summed E-state index contributed by atoms with van der Waals surface area (Å²) in [4.78, 5) is 45.0. The third kappa shape index (κ3) is 6.33. The van der Waals surface area contributed by atoms with Crippen molar-refractivity contribution >= 4 is 41.1 Å². The highest BCUT2D eigenvalue weighted by Crippen LogP contribution is 2.47. The first-order valence-electron chi connectivity index (χ1n) is 14.2. The summed E-state index contributed by atoms with van der Waals surface area (Å²) in [6.07, 6.45) is 4.65. The number of benzene rings is 1. The van der Waals surface area contributed by atoms with Gasteiger partial charge in [0.15, 0.2) is 0 Å². The number of halogens is 2. The van der Waals surface area contributed by atoms with Gasteiger partial charge >= 0.3 is 6.09 Å². The number of hydrogen-bond acceptors (Lipinski definition) is 5. The average molecular weight is 581 g/mol. The minimum absolute atomic E-state index is 0.0938. The molecule has 39 heavy (non-hydrogen) atoms. The number of ether oxygens (including phenoxy) is 2. The van der Waals surface area contributed by atoms with E-state index in [1.165, 1.54) is 0 Å². The van der Waals surface area contributed by atoms with E-state index in [0.29, 0.717) is 74.8 Å². The van der Waals surface area contributed by atoms with E-state index in [1.807, 2.05) is 28.9 Å². The van der Waals surface area contributed by atoms with Crippen molar-refractivity contribution < 1.29 is 23.9 Å². The Labute approximate surface area is 240 Å². The summed E-state index contributed by atoms with van der Waals surface area (Å²) in [7, 11) is 1.75. The maximum Gasteiger partial charge on any atom is 0.409 e. The van der Waals surface area contributed by atoms with Crippen molar-refractivity contribution in [3.63, 3.8) is 0 Å². The first-order valence-corrected chi connectivity index (χ1v) is 14.9. The van der Waals surface area contributed by atoms with Crippen LogP contribution in [0.15, 0.2) is 18.2 Å². The quantitative estimate of drug-likeness (QED) is 0.482. The average Bonchev–Trinajstić information content (AvgIpc) is 3.56. The predicted octanol–water partition coefficient (Wildman–Crippen LogP) is 4.82. The van der Waals surface area contributed by atoms with Crippen LogP contribution in [0.4, 0.5) is 4.79 Å². The number of piperidine rings is 1. The van der Waals surface area contributed by atoms with Crippen molar-refractivity contribution in [2.75, 3.05) is 53.0 Å². The van der Waals surface area contributed by atoms with E-state index in [2.05, 4.69) is 0 Å². The van der Waals surface area contributed by atoms with Gasteiger partial charge in [0.05, 0.1) is 22.7 Å². The Morgan fingerprint density at radius 3 is 2.36 bits per heavy atom. The van der Waals surface area contributed by atoms with Crippen LogP contribution in [0, 0.1) is 17.3 Å². The molecule has 4 aliphatic rings. The summed E-state index contributed by atoms with van der Waals surface area (Å²) in [5, 5.41) is 0.914. The summed E-state index contributed by atoms with van der Waals surface area (Å²) in [6.45, 7) is 5.95. The molecule has 3 amide bonds. The van der Waals surface area contributed by atoms with Gasteiger partial charge in [0.25, 0.3) is 0 Å². The van der Waals surface area contributed by atoms with Crippen LogP contribution in [0.25, 0.3) is 0 Å². The highest BCUT2D eigenvalue weighted by Gasteiger charge is 2.48. The van der Waals surface area contributed by atoms with Crippen LogP contribution in [-0.4, -0.2) is 91.7 Å². The van der Waals surface area contributed by atoms with Gasteiger partial charge in [0.1, 0.15) is 0 Å². The molecule has 0 bridgehead atoms. The van der Waals surface area contributed by atoms with Gasteiger partial charge in [-0.1, -0.05) is 36.2 Å². The topological polar surface area (TPSA) is 79.4 Å². The second-order valence-corrected chi connectivity index (χ2v) is 12.8. The molecule has 1 saturated carbocycles. The summed E-state index contributed by atoms with van der Waals surface area (Å²) >= 11 is 12.5. The highest BCUT2D eigenvalue weighted by molar-refractivity contribution is 6.42. The number of rotatable bonds is 6. The lowest BCUT2D eigenvalue weighted by atomic mass is 9.93. The molecule has 2 atom stereocenters. The van der Waals surface area contributed by atoms with Gasteiger partial charge in [0.2, 0.25) is 11.8 Å². The van der Waals surface area contributed by atoms with Gasteiger partial charge in [0, 0.05) is 63.7 Å². The molecule has 10 heteroatoms. The maximum absolute atomic E-state index is 13.7. The Bertz CT molecular complexity index is 1080. The van der Waals surface area contributed by atoms with Gasteiger partial charge in [-0.25, -0.2) is 4.79 Å². The maximum atomic E-state index is 13.7. The van der Waals surface area contributed by atoms with E-state index in [-0.39, 0.29) is 41.2 Å². The molecule has 1 aromatic rings. The molecule has 3 heterocycles. The minimum Gasteiger partial charge on any atom is -0.449 e. The van der Waals surface area contributed by atoms with E-state index in [0.717, 1.165) is 31.2 Å². The van der Waals surface area contributed by atoms with E-state index >= 15 is 0 Å². The van der Waals surface area contributed by atoms with Gasteiger partial charge in [-0.3, -0.25) is 9.59 Å². The van der Waals surface area contributed by atoms with Crippen LogP contribution in [-0.2, 0) is 19.1 Å².